The van der Waals surface area contributed by atoms with Crippen molar-refractivity contribution in [1.29, 1.82) is 0 Å². The van der Waals surface area contributed by atoms with Gasteiger partial charge in [-0.25, -0.2) is 8.78 Å². The molecule has 1 N–H and O–H groups in total. The zero-order valence-electron chi connectivity index (χ0n) is 12.2. The average Bonchev–Trinajstić information content (AvgIpc) is 2.48. The van der Waals surface area contributed by atoms with Crippen molar-refractivity contribution in [2.24, 2.45) is 0 Å². The molecule has 1 fully saturated rings. The Morgan fingerprint density at radius 1 is 1.19 bits per heavy atom. The van der Waals surface area contributed by atoms with Crippen molar-refractivity contribution < 1.29 is 18.7 Å². The summed E-state index contributed by atoms with van der Waals surface area (Å²) in [6.07, 6.45) is -1.00. The lowest BCUT2D eigenvalue weighted by atomic mass is 10.0. The first-order chi connectivity index (χ1) is 9.90. The largest absolute Gasteiger partial charge is 0.384 e. The summed E-state index contributed by atoms with van der Waals surface area (Å²) in [5, 5.41) is 9.30. The minimum Gasteiger partial charge on any atom is -0.384 e. The molecule has 1 aliphatic heterocycles. The number of hydrogen-bond donors (Lipinski definition) is 1. The molecule has 2 rings (SSSR count). The van der Waals surface area contributed by atoms with Gasteiger partial charge in [-0.15, -0.1) is 0 Å². The molecule has 0 saturated carbocycles. The van der Waals surface area contributed by atoms with Gasteiger partial charge in [0.2, 0.25) is 0 Å². The van der Waals surface area contributed by atoms with E-state index in [1.807, 2.05) is 11.8 Å². The highest BCUT2D eigenvalue weighted by molar-refractivity contribution is 5.80. The Hall–Kier alpha value is -1.53. The van der Waals surface area contributed by atoms with Crippen LogP contribution in [0, 0.1) is 11.6 Å². The quantitative estimate of drug-likeness (QED) is 0.921. The number of amides is 1. The smallest absolute Gasteiger partial charge is 0.251 e. The molecule has 116 valence electrons. The number of carbonyl (C=O) groups is 1. The molecular weight excluding hydrogens is 278 g/mol. The highest BCUT2D eigenvalue weighted by Crippen LogP contribution is 2.25. The van der Waals surface area contributed by atoms with Crippen LogP contribution in [0.15, 0.2) is 18.2 Å². The van der Waals surface area contributed by atoms with Crippen LogP contribution < -0.4 is 0 Å². The summed E-state index contributed by atoms with van der Waals surface area (Å²) < 4.78 is 27.1. The number of carbonyl (C=O) groups excluding carboxylic acids is 1. The van der Waals surface area contributed by atoms with Crippen molar-refractivity contribution >= 4 is 5.91 Å². The van der Waals surface area contributed by atoms with E-state index in [4.69, 9.17) is 0 Å². The lowest BCUT2D eigenvalue weighted by molar-refractivity contribution is -0.141. The van der Waals surface area contributed by atoms with E-state index in [0.29, 0.717) is 31.7 Å². The van der Waals surface area contributed by atoms with E-state index in [1.165, 1.54) is 13.0 Å². The minimum atomic E-state index is -1.00. The van der Waals surface area contributed by atoms with Gasteiger partial charge in [-0.1, -0.05) is 0 Å². The minimum absolute atomic E-state index is 0.260. The van der Waals surface area contributed by atoms with Crippen molar-refractivity contribution in [3.8, 4) is 0 Å². The van der Waals surface area contributed by atoms with Crippen molar-refractivity contribution in [1.82, 2.24) is 9.80 Å². The maximum absolute atomic E-state index is 13.8. The monoisotopic (exact) mass is 298 g/mol. The number of aliphatic hydroxyl groups is 1. The second kappa shape index (κ2) is 6.49. The molecule has 0 aromatic heterocycles. The Morgan fingerprint density at radius 3 is 2.38 bits per heavy atom. The van der Waals surface area contributed by atoms with Gasteiger partial charge in [0.05, 0.1) is 0 Å². The zero-order chi connectivity index (χ0) is 15.6. The van der Waals surface area contributed by atoms with Crippen molar-refractivity contribution in [2.45, 2.75) is 26.0 Å². The molecule has 4 nitrogen and oxygen atoms in total. The van der Waals surface area contributed by atoms with Crippen LogP contribution in [0.3, 0.4) is 0 Å². The van der Waals surface area contributed by atoms with Crippen molar-refractivity contribution in [3.05, 3.63) is 35.4 Å². The molecule has 1 saturated heterocycles. The van der Waals surface area contributed by atoms with Gasteiger partial charge in [0, 0.05) is 37.8 Å². The number of halogens is 2. The number of rotatable bonds is 3. The van der Waals surface area contributed by atoms with E-state index >= 15 is 0 Å². The predicted molar refractivity (Wildman–Crippen MR) is 74.6 cm³/mol. The molecule has 0 bridgehead atoms. The zero-order valence-corrected chi connectivity index (χ0v) is 12.2. The normalized spacial score (nSPS) is 19.4. The second-order valence-electron chi connectivity index (χ2n) is 5.38. The van der Waals surface area contributed by atoms with Gasteiger partial charge in [0.25, 0.3) is 5.91 Å². The van der Waals surface area contributed by atoms with Crippen molar-refractivity contribution in [2.75, 3.05) is 26.2 Å². The maximum Gasteiger partial charge on any atom is 0.251 e. The van der Waals surface area contributed by atoms with E-state index in [9.17, 15) is 18.7 Å². The van der Waals surface area contributed by atoms with E-state index in [0.717, 1.165) is 12.1 Å². The van der Waals surface area contributed by atoms with Gasteiger partial charge >= 0.3 is 0 Å². The molecule has 2 unspecified atom stereocenters. The molecule has 0 radical (unpaired) electrons. The number of hydrogen-bond acceptors (Lipinski definition) is 3. The maximum atomic E-state index is 13.8. The van der Waals surface area contributed by atoms with E-state index in [1.54, 1.807) is 4.90 Å². The van der Waals surface area contributed by atoms with Gasteiger partial charge in [0.15, 0.2) is 0 Å². The molecule has 1 heterocycles. The van der Waals surface area contributed by atoms with Crippen LogP contribution in [0.2, 0.25) is 0 Å². The standard InChI is InChI=1S/C15H20F2N2O2/c1-10(13-9-12(16)3-4-14(13)17)18-5-7-19(8-6-18)15(21)11(2)20/h3-4,9-11,20H,5-8H2,1-2H3. The van der Waals surface area contributed by atoms with Crippen LogP contribution in [0.1, 0.15) is 25.5 Å². The molecule has 1 amide bonds. The molecule has 1 aromatic carbocycles. The number of piperazine rings is 1. The first-order valence-electron chi connectivity index (χ1n) is 7.06. The fourth-order valence-corrected chi connectivity index (χ4v) is 2.63. The van der Waals surface area contributed by atoms with Crippen molar-refractivity contribution in [3.63, 3.8) is 0 Å². The van der Waals surface area contributed by atoms with Crippen LogP contribution >= 0.6 is 0 Å². The molecule has 0 aliphatic carbocycles. The molecular formula is C15H20F2N2O2. The lowest BCUT2D eigenvalue weighted by Gasteiger charge is -2.38. The summed E-state index contributed by atoms with van der Waals surface area (Å²) in [5.41, 5.74) is 0.324. The molecule has 6 heteroatoms. The summed E-state index contributed by atoms with van der Waals surface area (Å²) in [6, 6.07) is 3.19. The van der Waals surface area contributed by atoms with E-state index in [-0.39, 0.29) is 11.9 Å². The van der Waals surface area contributed by atoms with Crippen LogP contribution in [-0.2, 0) is 4.79 Å². The summed E-state index contributed by atoms with van der Waals surface area (Å²) >= 11 is 0. The Labute approximate surface area is 123 Å². The summed E-state index contributed by atoms with van der Waals surface area (Å²) in [5.74, 6) is -1.17. The molecule has 1 aromatic rings. The van der Waals surface area contributed by atoms with Crippen LogP contribution in [0.4, 0.5) is 8.78 Å². The summed E-state index contributed by atoms with van der Waals surface area (Å²) in [4.78, 5) is 15.3. The first-order valence-corrected chi connectivity index (χ1v) is 7.06. The molecule has 0 spiro atoms. The second-order valence-corrected chi connectivity index (χ2v) is 5.38. The number of benzene rings is 1. The Balaban J connectivity index is 2.02. The predicted octanol–water partition coefficient (Wildman–Crippen LogP) is 1.55. The Morgan fingerprint density at radius 2 is 1.81 bits per heavy atom. The molecule has 1 aliphatic rings. The fourth-order valence-electron chi connectivity index (χ4n) is 2.63. The number of aliphatic hydroxyl groups excluding tert-OH is 1. The van der Waals surface area contributed by atoms with Gasteiger partial charge in [-0.3, -0.25) is 9.69 Å². The van der Waals surface area contributed by atoms with Crippen LogP contribution in [0.5, 0.6) is 0 Å². The lowest BCUT2D eigenvalue weighted by Crippen LogP contribution is -2.51. The third-order valence-corrected chi connectivity index (χ3v) is 3.94. The van der Waals surface area contributed by atoms with Crippen LogP contribution in [0.25, 0.3) is 0 Å². The molecule has 2 atom stereocenters. The Kier molecular flexibility index (Phi) is 4.90. The average molecular weight is 298 g/mol. The third kappa shape index (κ3) is 3.57. The topological polar surface area (TPSA) is 43.8 Å². The van der Waals surface area contributed by atoms with Gasteiger partial charge in [-0.2, -0.15) is 0 Å². The third-order valence-electron chi connectivity index (χ3n) is 3.94. The summed E-state index contributed by atoms with van der Waals surface area (Å²) in [6.45, 7) is 5.35. The van der Waals surface area contributed by atoms with Gasteiger partial charge < -0.3 is 10.0 Å². The highest BCUT2D eigenvalue weighted by atomic mass is 19.1. The highest BCUT2D eigenvalue weighted by Gasteiger charge is 2.27. The SMILES string of the molecule is CC(O)C(=O)N1CCN(C(C)c2cc(F)ccc2F)CC1. The van der Waals surface area contributed by atoms with Gasteiger partial charge in [-0.05, 0) is 32.0 Å². The van der Waals surface area contributed by atoms with E-state index in [2.05, 4.69) is 0 Å². The number of nitrogens with zero attached hydrogens (tertiary/aromatic N) is 2. The fraction of sp³-hybridized carbons (Fsp3) is 0.533. The summed E-state index contributed by atoms with van der Waals surface area (Å²) in [7, 11) is 0. The van der Waals surface area contributed by atoms with Gasteiger partial charge in [0.1, 0.15) is 17.7 Å². The van der Waals surface area contributed by atoms with Crippen LogP contribution in [-0.4, -0.2) is 53.1 Å². The Bertz CT molecular complexity index is 514. The first kappa shape index (κ1) is 15.9. The van der Waals surface area contributed by atoms with E-state index < -0.39 is 17.7 Å². The molecule has 21 heavy (non-hydrogen) atoms.